The number of nitrogens with zero attached hydrogens (tertiary/aromatic N) is 2. The molecule has 0 bridgehead atoms. The van der Waals surface area contributed by atoms with E-state index in [9.17, 15) is 4.79 Å². The minimum absolute atomic E-state index is 0.0551. The maximum atomic E-state index is 11.6. The van der Waals surface area contributed by atoms with Crippen LogP contribution in [0.4, 0.5) is 0 Å². The first-order valence-electron chi connectivity index (χ1n) is 5.65. The highest BCUT2D eigenvalue weighted by molar-refractivity contribution is 7.99. The van der Waals surface area contributed by atoms with Gasteiger partial charge in [0.15, 0.2) is 5.16 Å². The fourth-order valence-electron chi connectivity index (χ4n) is 1.45. The predicted octanol–water partition coefficient (Wildman–Crippen LogP) is 1.93. The zero-order chi connectivity index (χ0) is 12.8. The van der Waals surface area contributed by atoms with Crippen molar-refractivity contribution in [2.75, 3.05) is 12.3 Å². The Balaban J connectivity index is 1.65. The summed E-state index contributed by atoms with van der Waals surface area (Å²) < 4.78 is 1.91. The van der Waals surface area contributed by atoms with E-state index in [0.29, 0.717) is 12.3 Å². The van der Waals surface area contributed by atoms with E-state index >= 15 is 0 Å². The molecule has 0 atom stereocenters. The van der Waals surface area contributed by atoms with Crippen LogP contribution in [0.3, 0.4) is 0 Å². The molecule has 0 aliphatic heterocycles. The summed E-state index contributed by atoms with van der Waals surface area (Å²) in [5.41, 5.74) is 0. The summed E-state index contributed by atoms with van der Waals surface area (Å²) in [5, 5.41) is 5.83. The van der Waals surface area contributed by atoms with E-state index < -0.39 is 0 Å². The van der Waals surface area contributed by atoms with Crippen LogP contribution in [0.15, 0.2) is 35.1 Å². The van der Waals surface area contributed by atoms with Crippen molar-refractivity contribution in [2.24, 2.45) is 7.05 Å². The van der Waals surface area contributed by atoms with Crippen molar-refractivity contribution in [3.05, 3.63) is 34.8 Å². The van der Waals surface area contributed by atoms with Gasteiger partial charge in [-0.3, -0.25) is 4.79 Å². The molecule has 2 rings (SSSR count). The molecule has 2 aromatic rings. The fourth-order valence-corrected chi connectivity index (χ4v) is 2.92. The Labute approximate surface area is 114 Å². The number of carbonyl (C=O) groups excluding carboxylic acids is 1. The molecule has 0 radical (unpaired) electrons. The van der Waals surface area contributed by atoms with Crippen molar-refractivity contribution >= 4 is 29.0 Å². The van der Waals surface area contributed by atoms with Crippen LogP contribution in [0, 0.1) is 0 Å². The van der Waals surface area contributed by atoms with E-state index in [2.05, 4.69) is 16.4 Å². The first kappa shape index (κ1) is 13.2. The Bertz CT molecular complexity index is 493. The Morgan fingerprint density at radius 2 is 2.50 bits per heavy atom. The molecule has 4 nitrogen and oxygen atoms in total. The van der Waals surface area contributed by atoms with Crippen molar-refractivity contribution in [2.45, 2.75) is 11.6 Å². The van der Waals surface area contributed by atoms with Gasteiger partial charge in [-0.15, -0.1) is 11.3 Å². The molecular weight excluding hydrogens is 266 g/mol. The SMILES string of the molecule is Cn1ccnc1SCC(=O)NCCc1cccs1. The number of imidazole rings is 1. The first-order valence-corrected chi connectivity index (χ1v) is 7.51. The summed E-state index contributed by atoms with van der Waals surface area (Å²) in [6.07, 6.45) is 4.50. The van der Waals surface area contributed by atoms with Gasteiger partial charge in [-0.1, -0.05) is 17.8 Å². The Hall–Kier alpha value is -1.27. The molecule has 96 valence electrons. The van der Waals surface area contributed by atoms with Gasteiger partial charge in [0.25, 0.3) is 0 Å². The summed E-state index contributed by atoms with van der Waals surface area (Å²) >= 11 is 3.17. The monoisotopic (exact) mass is 281 g/mol. The van der Waals surface area contributed by atoms with Gasteiger partial charge in [0.2, 0.25) is 5.91 Å². The number of aryl methyl sites for hydroxylation is 1. The van der Waals surface area contributed by atoms with Crippen molar-refractivity contribution in [3.63, 3.8) is 0 Å². The zero-order valence-electron chi connectivity index (χ0n) is 10.1. The van der Waals surface area contributed by atoms with E-state index in [-0.39, 0.29) is 5.91 Å². The molecule has 0 fully saturated rings. The van der Waals surface area contributed by atoms with E-state index in [1.54, 1.807) is 17.5 Å². The van der Waals surface area contributed by atoms with Gasteiger partial charge in [-0.05, 0) is 17.9 Å². The largest absolute Gasteiger partial charge is 0.355 e. The number of hydrogen-bond donors (Lipinski definition) is 1. The molecule has 1 amide bonds. The van der Waals surface area contributed by atoms with Crippen LogP contribution in [0.2, 0.25) is 0 Å². The second-order valence-electron chi connectivity index (χ2n) is 3.79. The van der Waals surface area contributed by atoms with Crippen molar-refractivity contribution in [1.82, 2.24) is 14.9 Å². The number of hydrogen-bond acceptors (Lipinski definition) is 4. The van der Waals surface area contributed by atoms with Crippen molar-refractivity contribution in [1.29, 1.82) is 0 Å². The summed E-state index contributed by atoms with van der Waals surface area (Å²) in [5.74, 6) is 0.467. The highest BCUT2D eigenvalue weighted by Gasteiger charge is 2.05. The lowest BCUT2D eigenvalue weighted by Crippen LogP contribution is -2.27. The van der Waals surface area contributed by atoms with Gasteiger partial charge in [-0.25, -0.2) is 4.98 Å². The molecular formula is C12H15N3OS2. The van der Waals surface area contributed by atoms with Crippen LogP contribution in [-0.2, 0) is 18.3 Å². The van der Waals surface area contributed by atoms with Gasteiger partial charge in [-0.2, -0.15) is 0 Å². The van der Waals surface area contributed by atoms with Gasteiger partial charge >= 0.3 is 0 Å². The number of thiophene rings is 1. The van der Waals surface area contributed by atoms with E-state index in [1.807, 2.05) is 29.3 Å². The number of thioether (sulfide) groups is 1. The van der Waals surface area contributed by atoms with Gasteiger partial charge in [0.05, 0.1) is 5.75 Å². The Morgan fingerprint density at radius 3 is 3.17 bits per heavy atom. The van der Waals surface area contributed by atoms with Crippen LogP contribution in [-0.4, -0.2) is 27.8 Å². The van der Waals surface area contributed by atoms with E-state index in [4.69, 9.17) is 0 Å². The molecule has 6 heteroatoms. The molecule has 0 spiro atoms. The van der Waals surface area contributed by atoms with Gasteiger partial charge < -0.3 is 9.88 Å². The van der Waals surface area contributed by atoms with Crippen LogP contribution in [0.1, 0.15) is 4.88 Å². The standard InChI is InChI=1S/C12H15N3OS2/c1-15-7-6-14-12(15)18-9-11(16)13-5-4-10-3-2-8-17-10/h2-3,6-8H,4-5,9H2,1H3,(H,13,16). The number of amides is 1. The summed E-state index contributed by atoms with van der Waals surface area (Å²) in [6, 6.07) is 4.11. The Morgan fingerprint density at radius 1 is 1.61 bits per heavy atom. The third-order valence-corrected chi connectivity index (χ3v) is 4.38. The van der Waals surface area contributed by atoms with E-state index in [0.717, 1.165) is 11.6 Å². The third-order valence-electron chi connectivity index (χ3n) is 2.38. The minimum Gasteiger partial charge on any atom is -0.355 e. The molecule has 0 aromatic carbocycles. The lowest BCUT2D eigenvalue weighted by atomic mass is 10.3. The van der Waals surface area contributed by atoms with E-state index in [1.165, 1.54) is 16.6 Å². The third kappa shape index (κ3) is 3.89. The normalized spacial score (nSPS) is 10.5. The topological polar surface area (TPSA) is 46.9 Å². The molecule has 0 unspecified atom stereocenters. The first-order chi connectivity index (χ1) is 8.75. The predicted molar refractivity (Wildman–Crippen MR) is 75.0 cm³/mol. The molecule has 2 aromatic heterocycles. The number of aromatic nitrogens is 2. The smallest absolute Gasteiger partial charge is 0.230 e. The fraction of sp³-hybridized carbons (Fsp3) is 0.333. The number of carbonyl (C=O) groups is 1. The van der Waals surface area contributed by atoms with Crippen LogP contribution in [0.5, 0.6) is 0 Å². The van der Waals surface area contributed by atoms with Crippen molar-refractivity contribution < 1.29 is 4.79 Å². The molecule has 0 aliphatic rings. The zero-order valence-corrected chi connectivity index (χ0v) is 11.8. The van der Waals surface area contributed by atoms with Gasteiger partial charge in [0, 0.05) is 30.9 Å². The molecule has 0 saturated heterocycles. The van der Waals surface area contributed by atoms with Crippen molar-refractivity contribution in [3.8, 4) is 0 Å². The highest BCUT2D eigenvalue weighted by atomic mass is 32.2. The number of nitrogens with one attached hydrogen (secondary N) is 1. The Kier molecular flexibility index (Phi) is 4.83. The van der Waals surface area contributed by atoms with Crippen LogP contribution >= 0.6 is 23.1 Å². The summed E-state index contributed by atoms with van der Waals surface area (Å²) in [4.78, 5) is 17.1. The summed E-state index contributed by atoms with van der Waals surface area (Å²) in [7, 11) is 1.92. The second-order valence-corrected chi connectivity index (χ2v) is 5.76. The molecule has 2 heterocycles. The molecule has 18 heavy (non-hydrogen) atoms. The average Bonchev–Trinajstić information content (AvgIpc) is 2.98. The van der Waals surface area contributed by atoms with Crippen LogP contribution < -0.4 is 5.32 Å². The van der Waals surface area contributed by atoms with Crippen LogP contribution in [0.25, 0.3) is 0 Å². The molecule has 1 N–H and O–H groups in total. The maximum absolute atomic E-state index is 11.6. The summed E-state index contributed by atoms with van der Waals surface area (Å²) in [6.45, 7) is 0.695. The highest BCUT2D eigenvalue weighted by Crippen LogP contribution is 2.13. The quantitative estimate of drug-likeness (QED) is 0.823. The maximum Gasteiger partial charge on any atom is 0.230 e. The average molecular weight is 281 g/mol. The lowest BCUT2D eigenvalue weighted by Gasteiger charge is -2.04. The second kappa shape index (κ2) is 6.61. The van der Waals surface area contributed by atoms with Gasteiger partial charge in [0.1, 0.15) is 0 Å². The number of rotatable bonds is 6. The minimum atomic E-state index is 0.0551. The molecule has 0 aliphatic carbocycles. The molecule has 0 saturated carbocycles. The lowest BCUT2D eigenvalue weighted by molar-refractivity contribution is -0.118.